The maximum Gasteiger partial charge on any atom is 0.306 e. The third-order valence-electron chi connectivity index (χ3n) is 4.31. The largest absolute Gasteiger partial charge is 0.497 e. The second-order valence-electron chi connectivity index (χ2n) is 6.38. The number of hydrogen-bond acceptors (Lipinski definition) is 4. The molecule has 1 heterocycles. The molecule has 1 aromatic carbocycles. The molecular formula is C18H25NO5. The standard InChI is InChI=1S/C18H25NO5/c1-18(12-17(21)22,13-6-5-8-14(10-13)23-2)19-16(20)11-15-7-3-4-9-24-15/h5-6,8,10,15H,3-4,7,9,11-12H2,1-2H3,(H,19,20)(H,21,22). The lowest BCUT2D eigenvalue weighted by Crippen LogP contribution is -2.46. The average Bonchev–Trinajstić information content (AvgIpc) is 2.55. The van der Waals surface area contributed by atoms with Gasteiger partial charge in [-0.25, -0.2) is 0 Å². The van der Waals surface area contributed by atoms with E-state index in [9.17, 15) is 14.7 Å². The Morgan fingerprint density at radius 3 is 2.83 bits per heavy atom. The predicted octanol–water partition coefficient (Wildman–Crippen LogP) is 2.46. The number of ether oxygens (including phenoxy) is 2. The Labute approximate surface area is 142 Å². The van der Waals surface area contributed by atoms with Crippen molar-refractivity contribution in [2.24, 2.45) is 0 Å². The maximum atomic E-state index is 12.4. The van der Waals surface area contributed by atoms with E-state index in [4.69, 9.17) is 9.47 Å². The normalized spacial score (nSPS) is 20.0. The molecule has 0 bridgehead atoms. The van der Waals surface area contributed by atoms with Crippen molar-refractivity contribution in [3.8, 4) is 5.75 Å². The molecule has 24 heavy (non-hydrogen) atoms. The van der Waals surface area contributed by atoms with Crippen LogP contribution in [0.1, 0.15) is 44.6 Å². The average molecular weight is 335 g/mol. The summed E-state index contributed by atoms with van der Waals surface area (Å²) in [4.78, 5) is 23.7. The molecule has 1 fully saturated rings. The third kappa shape index (κ3) is 4.96. The van der Waals surface area contributed by atoms with Crippen molar-refractivity contribution in [1.82, 2.24) is 5.32 Å². The molecule has 132 valence electrons. The van der Waals surface area contributed by atoms with E-state index in [2.05, 4.69) is 5.32 Å². The predicted molar refractivity (Wildman–Crippen MR) is 88.9 cm³/mol. The summed E-state index contributed by atoms with van der Waals surface area (Å²) in [5.41, 5.74) is -0.311. The Bertz CT molecular complexity index is 583. The van der Waals surface area contributed by atoms with Crippen molar-refractivity contribution in [3.05, 3.63) is 29.8 Å². The number of amides is 1. The molecule has 1 aliphatic heterocycles. The van der Waals surface area contributed by atoms with Gasteiger partial charge in [0.05, 0.1) is 31.6 Å². The Balaban J connectivity index is 2.13. The van der Waals surface area contributed by atoms with Crippen LogP contribution in [0.4, 0.5) is 0 Å². The molecule has 0 radical (unpaired) electrons. The van der Waals surface area contributed by atoms with Gasteiger partial charge in [-0.3, -0.25) is 9.59 Å². The molecule has 2 rings (SSSR count). The monoisotopic (exact) mass is 335 g/mol. The highest BCUT2D eigenvalue weighted by molar-refractivity contribution is 5.79. The summed E-state index contributed by atoms with van der Waals surface area (Å²) >= 11 is 0. The molecular weight excluding hydrogens is 310 g/mol. The van der Waals surface area contributed by atoms with Crippen LogP contribution in [0, 0.1) is 0 Å². The van der Waals surface area contributed by atoms with Gasteiger partial charge in [0, 0.05) is 6.61 Å². The van der Waals surface area contributed by atoms with E-state index in [-0.39, 0.29) is 24.9 Å². The van der Waals surface area contributed by atoms with Crippen molar-refractivity contribution in [3.63, 3.8) is 0 Å². The molecule has 0 aliphatic carbocycles. The number of aliphatic carboxylic acids is 1. The van der Waals surface area contributed by atoms with E-state index < -0.39 is 11.5 Å². The van der Waals surface area contributed by atoms with Gasteiger partial charge in [0.1, 0.15) is 5.75 Å². The van der Waals surface area contributed by atoms with Crippen molar-refractivity contribution >= 4 is 11.9 Å². The number of carbonyl (C=O) groups is 2. The number of rotatable bonds is 7. The molecule has 0 spiro atoms. The number of benzene rings is 1. The molecule has 1 aliphatic rings. The zero-order valence-electron chi connectivity index (χ0n) is 14.2. The van der Waals surface area contributed by atoms with Crippen LogP contribution in [-0.4, -0.2) is 36.8 Å². The Morgan fingerprint density at radius 2 is 2.21 bits per heavy atom. The van der Waals surface area contributed by atoms with Crippen LogP contribution in [0.5, 0.6) is 5.75 Å². The summed E-state index contributed by atoms with van der Waals surface area (Å²) in [5, 5.41) is 12.1. The molecule has 6 heteroatoms. The molecule has 0 aromatic heterocycles. The van der Waals surface area contributed by atoms with Gasteiger partial charge >= 0.3 is 5.97 Å². The second kappa shape index (κ2) is 8.15. The van der Waals surface area contributed by atoms with E-state index in [1.165, 1.54) is 0 Å². The molecule has 1 aromatic rings. The van der Waals surface area contributed by atoms with Gasteiger partial charge in [-0.2, -0.15) is 0 Å². The topological polar surface area (TPSA) is 84.9 Å². The second-order valence-corrected chi connectivity index (χ2v) is 6.38. The molecule has 1 amide bonds. The van der Waals surface area contributed by atoms with Crippen LogP contribution >= 0.6 is 0 Å². The van der Waals surface area contributed by atoms with Gasteiger partial charge in [0.15, 0.2) is 0 Å². The van der Waals surface area contributed by atoms with E-state index in [0.717, 1.165) is 19.3 Å². The fourth-order valence-corrected chi connectivity index (χ4v) is 3.02. The number of carbonyl (C=O) groups excluding carboxylic acids is 1. The summed E-state index contributed by atoms with van der Waals surface area (Å²) in [6.45, 7) is 2.40. The molecule has 2 N–H and O–H groups in total. The van der Waals surface area contributed by atoms with Gasteiger partial charge in [-0.1, -0.05) is 12.1 Å². The first kappa shape index (κ1) is 18.3. The summed E-state index contributed by atoms with van der Waals surface area (Å²) in [6, 6.07) is 7.11. The zero-order valence-corrected chi connectivity index (χ0v) is 14.2. The molecule has 2 unspecified atom stereocenters. The van der Waals surface area contributed by atoms with E-state index >= 15 is 0 Å². The van der Waals surface area contributed by atoms with Crippen molar-refractivity contribution in [2.45, 2.75) is 50.7 Å². The number of nitrogens with one attached hydrogen (secondary N) is 1. The lowest BCUT2D eigenvalue weighted by atomic mass is 9.88. The van der Waals surface area contributed by atoms with E-state index in [0.29, 0.717) is 17.9 Å². The van der Waals surface area contributed by atoms with Crippen LogP contribution in [0.25, 0.3) is 0 Å². The maximum absolute atomic E-state index is 12.4. The number of hydrogen-bond donors (Lipinski definition) is 2. The van der Waals surface area contributed by atoms with Crippen molar-refractivity contribution in [1.29, 1.82) is 0 Å². The van der Waals surface area contributed by atoms with Crippen LogP contribution in [0.2, 0.25) is 0 Å². The van der Waals surface area contributed by atoms with Crippen molar-refractivity contribution in [2.75, 3.05) is 13.7 Å². The van der Waals surface area contributed by atoms with Gasteiger partial charge in [-0.05, 0) is 43.9 Å². The molecule has 0 saturated carbocycles. The van der Waals surface area contributed by atoms with Crippen LogP contribution in [-0.2, 0) is 19.9 Å². The highest BCUT2D eigenvalue weighted by atomic mass is 16.5. The SMILES string of the molecule is COc1cccc(C(C)(CC(=O)O)NC(=O)CC2CCCCO2)c1. The number of methoxy groups -OCH3 is 1. The molecule has 1 saturated heterocycles. The van der Waals surface area contributed by atoms with Crippen LogP contribution in [0.3, 0.4) is 0 Å². The van der Waals surface area contributed by atoms with E-state index in [1.54, 1.807) is 38.3 Å². The van der Waals surface area contributed by atoms with Crippen LogP contribution in [0.15, 0.2) is 24.3 Å². The van der Waals surface area contributed by atoms with E-state index in [1.807, 2.05) is 0 Å². The fourth-order valence-electron chi connectivity index (χ4n) is 3.02. The first-order chi connectivity index (χ1) is 11.4. The first-order valence-electron chi connectivity index (χ1n) is 8.22. The smallest absolute Gasteiger partial charge is 0.306 e. The van der Waals surface area contributed by atoms with Crippen molar-refractivity contribution < 1.29 is 24.2 Å². The van der Waals surface area contributed by atoms with Gasteiger partial charge < -0.3 is 19.9 Å². The minimum absolute atomic E-state index is 0.0851. The Morgan fingerprint density at radius 1 is 1.42 bits per heavy atom. The fraction of sp³-hybridized carbons (Fsp3) is 0.556. The third-order valence-corrected chi connectivity index (χ3v) is 4.31. The highest BCUT2D eigenvalue weighted by Gasteiger charge is 2.32. The highest BCUT2D eigenvalue weighted by Crippen LogP contribution is 2.28. The minimum Gasteiger partial charge on any atom is -0.497 e. The Kier molecular flexibility index (Phi) is 6.20. The van der Waals surface area contributed by atoms with Crippen LogP contribution < -0.4 is 10.1 Å². The minimum atomic E-state index is -1.01. The van der Waals surface area contributed by atoms with Gasteiger partial charge in [0.2, 0.25) is 5.91 Å². The van der Waals surface area contributed by atoms with Gasteiger partial charge in [-0.15, -0.1) is 0 Å². The Hall–Kier alpha value is -2.08. The molecule has 6 nitrogen and oxygen atoms in total. The first-order valence-corrected chi connectivity index (χ1v) is 8.22. The summed E-state index contributed by atoms with van der Waals surface area (Å²) in [5.74, 6) is -0.558. The summed E-state index contributed by atoms with van der Waals surface area (Å²) in [7, 11) is 1.55. The summed E-state index contributed by atoms with van der Waals surface area (Å²) in [6.07, 6.45) is 2.90. The summed E-state index contributed by atoms with van der Waals surface area (Å²) < 4.78 is 10.8. The lowest BCUT2D eigenvalue weighted by Gasteiger charge is -2.31. The van der Waals surface area contributed by atoms with Gasteiger partial charge in [0.25, 0.3) is 0 Å². The molecule has 2 atom stereocenters. The number of carboxylic acids is 1. The quantitative estimate of drug-likeness (QED) is 0.799. The lowest BCUT2D eigenvalue weighted by molar-refractivity contribution is -0.139. The zero-order chi connectivity index (χ0) is 17.6. The number of carboxylic acid groups (broad SMARTS) is 1.